The lowest BCUT2D eigenvalue weighted by Gasteiger charge is -2.32. The van der Waals surface area contributed by atoms with E-state index in [0.29, 0.717) is 5.75 Å². The van der Waals surface area contributed by atoms with Gasteiger partial charge in [-0.05, 0) is 30.2 Å². The largest absolute Gasteiger partial charge is 0.497 e. The predicted molar refractivity (Wildman–Crippen MR) is 85.8 cm³/mol. The van der Waals surface area contributed by atoms with Gasteiger partial charge in [0.05, 0.1) is 7.11 Å². The van der Waals surface area contributed by atoms with Crippen LogP contribution in [0.2, 0.25) is 0 Å². The van der Waals surface area contributed by atoms with Gasteiger partial charge in [0.1, 0.15) is 5.75 Å². The summed E-state index contributed by atoms with van der Waals surface area (Å²) >= 11 is 0. The van der Waals surface area contributed by atoms with E-state index in [1.165, 1.54) is 31.4 Å². The van der Waals surface area contributed by atoms with Gasteiger partial charge in [0.2, 0.25) is 0 Å². The number of benzene rings is 2. The molecule has 2 N–H and O–H groups in total. The summed E-state index contributed by atoms with van der Waals surface area (Å²) in [5.41, 5.74) is -2.37. The SMILES string of the molecule is COc1ccc([C@@](O)(CN[C@@H](C)c2ccccc2)C(F)(F)F)cc1. The molecule has 0 radical (unpaired) electrons. The number of methoxy groups -OCH3 is 1. The maximum absolute atomic E-state index is 13.5. The van der Waals surface area contributed by atoms with Gasteiger partial charge in [0.25, 0.3) is 0 Å². The van der Waals surface area contributed by atoms with E-state index in [0.717, 1.165) is 5.56 Å². The van der Waals surface area contributed by atoms with Crippen molar-refractivity contribution in [3.8, 4) is 5.75 Å². The first kappa shape index (κ1) is 18.3. The van der Waals surface area contributed by atoms with E-state index in [1.807, 2.05) is 30.3 Å². The molecule has 0 fully saturated rings. The van der Waals surface area contributed by atoms with Gasteiger partial charge in [-0.3, -0.25) is 0 Å². The molecule has 0 aliphatic heterocycles. The molecule has 0 amide bonds. The summed E-state index contributed by atoms with van der Waals surface area (Å²) in [5.74, 6) is 0.425. The molecule has 2 aromatic carbocycles. The minimum absolute atomic E-state index is 0.233. The molecule has 0 saturated heterocycles. The number of aliphatic hydroxyl groups is 1. The Labute approximate surface area is 139 Å². The summed E-state index contributed by atoms with van der Waals surface area (Å²) in [7, 11) is 1.42. The van der Waals surface area contributed by atoms with Crippen LogP contribution in [-0.2, 0) is 5.60 Å². The van der Waals surface area contributed by atoms with E-state index in [-0.39, 0.29) is 11.6 Å². The molecular formula is C18H20F3NO2. The minimum Gasteiger partial charge on any atom is -0.497 e. The number of alkyl halides is 3. The maximum Gasteiger partial charge on any atom is 0.422 e. The quantitative estimate of drug-likeness (QED) is 0.841. The zero-order valence-corrected chi connectivity index (χ0v) is 13.5. The van der Waals surface area contributed by atoms with E-state index < -0.39 is 18.3 Å². The highest BCUT2D eigenvalue weighted by Crippen LogP contribution is 2.39. The van der Waals surface area contributed by atoms with Crippen molar-refractivity contribution in [2.75, 3.05) is 13.7 Å². The first-order chi connectivity index (χ1) is 11.3. The topological polar surface area (TPSA) is 41.5 Å². The van der Waals surface area contributed by atoms with E-state index in [9.17, 15) is 18.3 Å². The van der Waals surface area contributed by atoms with Crippen LogP contribution >= 0.6 is 0 Å². The van der Waals surface area contributed by atoms with Crippen LogP contribution in [-0.4, -0.2) is 24.9 Å². The Morgan fingerprint density at radius 2 is 1.62 bits per heavy atom. The zero-order chi connectivity index (χ0) is 17.8. The molecule has 0 heterocycles. The lowest BCUT2D eigenvalue weighted by Crippen LogP contribution is -2.50. The molecule has 6 heteroatoms. The molecule has 0 spiro atoms. The summed E-state index contributed by atoms with van der Waals surface area (Å²) < 4.78 is 45.5. The second kappa shape index (κ2) is 7.23. The lowest BCUT2D eigenvalue weighted by molar-refractivity contribution is -0.264. The molecule has 0 saturated carbocycles. The third-order valence-electron chi connectivity index (χ3n) is 4.00. The molecule has 0 aliphatic rings. The molecule has 2 aromatic rings. The van der Waals surface area contributed by atoms with Crippen molar-refractivity contribution in [1.82, 2.24) is 5.32 Å². The van der Waals surface area contributed by atoms with Gasteiger partial charge in [-0.2, -0.15) is 13.2 Å². The monoisotopic (exact) mass is 339 g/mol. The lowest BCUT2D eigenvalue weighted by atomic mass is 9.92. The fourth-order valence-corrected chi connectivity index (χ4v) is 2.39. The van der Waals surface area contributed by atoms with Crippen LogP contribution in [0.4, 0.5) is 13.2 Å². The summed E-state index contributed by atoms with van der Waals surface area (Å²) in [6.07, 6.45) is -4.81. The van der Waals surface area contributed by atoms with Crippen molar-refractivity contribution in [2.45, 2.75) is 24.7 Å². The van der Waals surface area contributed by atoms with Crippen molar-refractivity contribution in [1.29, 1.82) is 0 Å². The smallest absolute Gasteiger partial charge is 0.422 e. The Balaban J connectivity index is 2.21. The Kier molecular flexibility index (Phi) is 5.51. The summed E-state index contributed by atoms with van der Waals surface area (Å²) in [6, 6.07) is 14.0. The Morgan fingerprint density at radius 3 is 2.12 bits per heavy atom. The number of halogens is 3. The van der Waals surface area contributed by atoms with Crippen LogP contribution in [0.5, 0.6) is 5.75 Å². The fourth-order valence-electron chi connectivity index (χ4n) is 2.39. The molecular weight excluding hydrogens is 319 g/mol. The summed E-state index contributed by atoms with van der Waals surface area (Å²) in [6.45, 7) is 1.10. The van der Waals surface area contributed by atoms with Gasteiger partial charge in [0.15, 0.2) is 5.60 Å². The molecule has 24 heavy (non-hydrogen) atoms. The van der Waals surface area contributed by atoms with E-state index in [4.69, 9.17) is 4.74 Å². The van der Waals surface area contributed by atoms with Gasteiger partial charge in [-0.15, -0.1) is 0 Å². The minimum atomic E-state index is -4.81. The average molecular weight is 339 g/mol. The fraction of sp³-hybridized carbons (Fsp3) is 0.333. The normalized spacial score (nSPS) is 15.6. The zero-order valence-electron chi connectivity index (χ0n) is 13.5. The second-order valence-corrected chi connectivity index (χ2v) is 5.60. The number of hydrogen-bond donors (Lipinski definition) is 2. The van der Waals surface area contributed by atoms with Crippen LogP contribution in [0.25, 0.3) is 0 Å². The maximum atomic E-state index is 13.5. The van der Waals surface area contributed by atoms with Gasteiger partial charge < -0.3 is 15.2 Å². The van der Waals surface area contributed by atoms with Crippen molar-refractivity contribution < 1.29 is 23.0 Å². The second-order valence-electron chi connectivity index (χ2n) is 5.60. The van der Waals surface area contributed by atoms with Crippen LogP contribution in [0.15, 0.2) is 54.6 Å². The molecule has 0 unspecified atom stereocenters. The molecule has 0 bridgehead atoms. The van der Waals surface area contributed by atoms with Crippen molar-refractivity contribution in [2.24, 2.45) is 0 Å². The van der Waals surface area contributed by atoms with Crippen molar-refractivity contribution >= 4 is 0 Å². The molecule has 3 nitrogen and oxygen atoms in total. The summed E-state index contributed by atoms with van der Waals surface area (Å²) in [4.78, 5) is 0. The molecule has 0 aromatic heterocycles. The van der Waals surface area contributed by atoms with Crippen LogP contribution in [0, 0.1) is 0 Å². The van der Waals surface area contributed by atoms with Crippen LogP contribution < -0.4 is 10.1 Å². The predicted octanol–water partition coefficient (Wildman–Crippen LogP) is 3.80. The Hall–Kier alpha value is -2.05. The van der Waals surface area contributed by atoms with Gasteiger partial charge in [-0.25, -0.2) is 0 Å². The highest BCUT2D eigenvalue weighted by atomic mass is 19.4. The van der Waals surface area contributed by atoms with Gasteiger partial charge in [0, 0.05) is 12.6 Å². The standard InChI is InChI=1S/C18H20F3NO2/c1-13(14-6-4-3-5-7-14)22-12-17(23,18(19,20)21)15-8-10-16(24-2)11-9-15/h3-11,13,22-23H,12H2,1-2H3/t13-,17-/m0/s1. The van der Waals surface area contributed by atoms with E-state index >= 15 is 0 Å². The molecule has 130 valence electrons. The highest BCUT2D eigenvalue weighted by Gasteiger charge is 2.54. The Morgan fingerprint density at radius 1 is 1.04 bits per heavy atom. The number of nitrogens with one attached hydrogen (secondary N) is 1. The van der Waals surface area contributed by atoms with Crippen LogP contribution in [0.3, 0.4) is 0 Å². The molecule has 0 aliphatic carbocycles. The third-order valence-corrected chi connectivity index (χ3v) is 4.00. The Bertz CT molecular complexity index is 644. The first-order valence-corrected chi connectivity index (χ1v) is 7.50. The van der Waals surface area contributed by atoms with E-state index in [2.05, 4.69) is 5.32 Å². The highest BCUT2D eigenvalue weighted by molar-refractivity contribution is 5.32. The van der Waals surface area contributed by atoms with Crippen molar-refractivity contribution in [3.05, 3.63) is 65.7 Å². The average Bonchev–Trinajstić information content (AvgIpc) is 2.59. The third kappa shape index (κ3) is 3.88. The van der Waals surface area contributed by atoms with Crippen LogP contribution in [0.1, 0.15) is 24.1 Å². The van der Waals surface area contributed by atoms with Gasteiger partial charge >= 0.3 is 6.18 Å². The molecule has 2 atom stereocenters. The van der Waals surface area contributed by atoms with E-state index in [1.54, 1.807) is 6.92 Å². The summed E-state index contributed by atoms with van der Waals surface area (Å²) in [5, 5.41) is 13.1. The number of hydrogen-bond acceptors (Lipinski definition) is 3. The number of ether oxygens (including phenoxy) is 1. The first-order valence-electron chi connectivity index (χ1n) is 7.50. The number of rotatable bonds is 6. The molecule has 2 rings (SSSR count). The van der Waals surface area contributed by atoms with Crippen molar-refractivity contribution in [3.63, 3.8) is 0 Å². The van der Waals surface area contributed by atoms with Gasteiger partial charge in [-0.1, -0.05) is 42.5 Å².